The van der Waals surface area contributed by atoms with E-state index in [1.54, 1.807) is 26.9 Å². The molecule has 362 valence electrons. The van der Waals surface area contributed by atoms with Crippen molar-refractivity contribution >= 4 is 57.8 Å². The number of rotatable bonds is 20. The Labute approximate surface area is 415 Å². The Bertz CT molecular complexity index is 3200. The van der Waals surface area contributed by atoms with Crippen LogP contribution in [0.4, 0.5) is 5.82 Å². The fourth-order valence-electron chi connectivity index (χ4n) is 10.1. The van der Waals surface area contributed by atoms with Gasteiger partial charge in [0, 0.05) is 25.0 Å². The number of imidazole rings is 1. The number of fused-ring (bicyclic) bond motifs is 1. The van der Waals surface area contributed by atoms with Gasteiger partial charge in [0.1, 0.15) is 35.8 Å². The van der Waals surface area contributed by atoms with Crippen LogP contribution in [0.15, 0.2) is 146 Å². The van der Waals surface area contributed by atoms with Gasteiger partial charge < -0.3 is 33.3 Å². The highest BCUT2D eigenvalue weighted by Crippen LogP contribution is 2.51. The zero-order valence-corrected chi connectivity index (χ0v) is 41.8. The molecule has 2 aromatic heterocycles. The Morgan fingerprint density at radius 1 is 0.761 bits per heavy atom. The largest absolute Gasteiger partial charge is 0.497 e. The predicted molar refractivity (Wildman–Crippen MR) is 280 cm³/mol. The van der Waals surface area contributed by atoms with E-state index in [4.69, 9.17) is 42.9 Å². The van der Waals surface area contributed by atoms with E-state index in [2.05, 4.69) is 110 Å². The first kappa shape index (κ1) is 47.9. The Hall–Kier alpha value is -6.75. The molecule has 1 aliphatic heterocycles. The Kier molecular flexibility index (Phi) is 14.1. The van der Waals surface area contributed by atoms with Crippen molar-refractivity contribution in [1.29, 1.82) is 5.26 Å². The standard InChI is InChI=1S/C57H58N7O6P/c1-37(2)64(38(3)4)71(68-31-11-30-58)70-49-32-51(69-50(49)34-67-57(43-14-8-7-9-15-43,44-21-25-46(65-5)26-22-44)45-23-27-47(66-6)28-24-45)63-36-62-54-55(60-35-61-56(54)63)59-33-42-19-18-41-17-16-39-12-10-13-40-20-29-48(42)53(41)52(39)40/h7-10,12-29,35-38,49-51H,11,31-34H2,1-6H3,(H,59,60,61)/t49-,50+,51+,71?/m0/s1. The van der Waals surface area contributed by atoms with Gasteiger partial charge >= 0.3 is 0 Å². The molecule has 0 spiro atoms. The fourth-order valence-corrected chi connectivity index (χ4v) is 11.9. The molecule has 4 atom stereocenters. The van der Waals surface area contributed by atoms with Crippen molar-refractivity contribution in [3.8, 4) is 17.6 Å². The van der Waals surface area contributed by atoms with Crippen LogP contribution in [0.2, 0.25) is 0 Å². The van der Waals surface area contributed by atoms with Gasteiger partial charge in [0.05, 0.1) is 52.4 Å². The summed E-state index contributed by atoms with van der Waals surface area (Å²) < 4.78 is 43.7. The van der Waals surface area contributed by atoms with Crippen molar-refractivity contribution in [3.63, 3.8) is 0 Å². The highest BCUT2D eigenvalue weighted by Gasteiger charge is 2.45. The Balaban J connectivity index is 1.000. The molecule has 10 rings (SSSR count). The predicted octanol–water partition coefficient (Wildman–Crippen LogP) is 12.3. The molecule has 1 N–H and O–H groups in total. The molecule has 3 heterocycles. The molecule has 14 heteroatoms. The van der Waals surface area contributed by atoms with E-state index in [0.29, 0.717) is 29.9 Å². The highest BCUT2D eigenvalue weighted by atomic mass is 31.2. The second-order valence-corrected chi connectivity index (χ2v) is 19.8. The summed E-state index contributed by atoms with van der Waals surface area (Å²) in [5.74, 6) is 2.08. The summed E-state index contributed by atoms with van der Waals surface area (Å²) in [4.78, 5) is 14.4. The fraction of sp³-hybridized carbons (Fsp3) is 0.298. The minimum Gasteiger partial charge on any atom is -0.497 e. The molecule has 1 unspecified atom stereocenters. The van der Waals surface area contributed by atoms with E-state index >= 15 is 0 Å². The molecule has 9 aromatic rings. The number of nitrogens with zero attached hydrogens (tertiary/aromatic N) is 6. The van der Waals surface area contributed by atoms with E-state index in [1.165, 1.54) is 32.3 Å². The number of benzene rings is 7. The van der Waals surface area contributed by atoms with Crippen molar-refractivity contribution in [3.05, 3.63) is 168 Å². The van der Waals surface area contributed by atoms with Crippen LogP contribution in [-0.4, -0.2) is 75.9 Å². The van der Waals surface area contributed by atoms with Crippen molar-refractivity contribution in [2.24, 2.45) is 0 Å². The second kappa shape index (κ2) is 20.9. The topological polar surface area (TPSA) is 138 Å². The van der Waals surface area contributed by atoms with Crippen molar-refractivity contribution < 1.29 is 28.0 Å². The van der Waals surface area contributed by atoms with Crippen LogP contribution in [0.5, 0.6) is 11.5 Å². The zero-order valence-electron chi connectivity index (χ0n) is 40.9. The van der Waals surface area contributed by atoms with Gasteiger partial charge in [0.15, 0.2) is 17.0 Å². The van der Waals surface area contributed by atoms with Gasteiger partial charge in [-0.15, -0.1) is 0 Å². The number of anilines is 1. The maximum Gasteiger partial charge on any atom is 0.259 e. The first-order chi connectivity index (χ1) is 34.7. The van der Waals surface area contributed by atoms with Crippen molar-refractivity contribution in [2.45, 2.75) is 83.2 Å². The second-order valence-electron chi connectivity index (χ2n) is 18.4. The van der Waals surface area contributed by atoms with Crippen molar-refractivity contribution in [2.75, 3.05) is 32.8 Å². The highest BCUT2D eigenvalue weighted by molar-refractivity contribution is 7.44. The van der Waals surface area contributed by atoms with E-state index in [-0.39, 0.29) is 31.7 Å². The minimum absolute atomic E-state index is 0.0912. The summed E-state index contributed by atoms with van der Waals surface area (Å²) in [6, 6.07) is 48.3. The first-order valence-corrected chi connectivity index (χ1v) is 25.3. The average molecular weight is 968 g/mol. The minimum atomic E-state index is -1.65. The normalized spacial score (nSPS) is 16.8. The lowest BCUT2D eigenvalue weighted by atomic mass is 9.80. The third-order valence-electron chi connectivity index (χ3n) is 13.4. The van der Waals surface area contributed by atoms with Crippen LogP contribution in [0.1, 0.15) is 69.0 Å². The number of aromatic nitrogens is 4. The third kappa shape index (κ3) is 9.36. The summed E-state index contributed by atoms with van der Waals surface area (Å²) in [7, 11) is 1.68. The van der Waals surface area contributed by atoms with Crippen LogP contribution in [0, 0.1) is 11.3 Å². The monoisotopic (exact) mass is 967 g/mol. The summed E-state index contributed by atoms with van der Waals surface area (Å²) in [6.07, 6.45) is 2.35. The van der Waals surface area contributed by atoms with Gasteiger partial charge in [-0.25, -0.2) is 19.6 Å². The van der Waals surface area contributed by atoms with Gasteiger partial charge in [-0.2, -0.15) is 5.26 Å². The third-order valence-corrected chi connectivity index (χ3v) is 15.6. The Morgan fingerprint density at radius 3 is 2.04 bits per heavy atom. The number of hydrogen-bond acceptors (Lipinski definition) is 12. The van der Waals surface area contributed by atoms with E-state index in [0.717, 1.165) is 33.8 Å². The van der Waals surface area contributed by atoms with E-state index in [1.807, 2.05) is 71.3 Å². The summed E-state index contributed by atoms with van der Waals surface area (Å²) in [5.41, 5.74) is 4.02. The molecular weight excluding hydrogens is 910 g/mol. The number of ether oxygens (including phenoxy) is 4. The smallest absolute Gasteiger partial charge is 0.259 e. The molecule has 0 aliphatic carbocycles. The Morgan fingerprint density at radius 2 is 1.39 bits per heavy atom. The maximum absolute atomic E-state index is 9.53. The molecule has 0 saturated carbocycles. The van der Waals surface area contributed by atoms with E-state index in [9.17, 15) is 5.26 Å². The van der Waals surface area contributed by atoms with Gasteiger partial charge in [0.2, 0.25) is 0 Å². The lowest BCUT2D eigenvalue weighted by Gasteiger charge is -2.39. The molecule has 0 bridgehead atoms. The molecule has 1 fully saturated rings. The molecular formula is C57H58N7O6P. The number of hydrogen-bond donors (Lipinski definition) is 1. The van der Waals surface area contributed by atoms with Crippen LogP contribution in [0.25, 0.3) is 43.5 Å². The number of nitriles is 1. The number of methoxy groups -OCH3 is 2. The molecule has 13 nitrogen and oxygen atoms in total. The summed E-state index contributed by atoms with van der Waals surface area (Å²) >= 11 is 0. The molecule has 0 radical (unpaired) electrons. The SMILES string of the molecule is COc1ccc(C(OC[C@H]2O[C@@H](n3cnc4c(NCc5ccc6ccc7cccc8ccc5c6c78)ncnc43)C[C@@H]2OP(OCCC#N)N(C(C)C)C(C)C)(c2ccccc2)c2ccc(OC)cc2)cc1. The quantitative estimate of drug-likeness (QED) is 0.0337. The molecule has 1 saturated heterocycles. The molecule has 0 amide bonds. The van der Waals surface area contributed by atoms with E-state index < -0.39 is 32.6 Å². The lowest BCUT2D eigenvalue weighted by molar-refractivity contribution is -0.0912. The lowest BCUT2D eigenvalue weighted by Crippen LogP contribution is -2.39. The van der Waals surface area contributed by atoms with Crippen LogP contribution in [-0.2, 0) is 30.7 Å². The van der Waals surface area contributed by atoms with Crippen LogP contribution in [0.3, 0.4) is 0 Å². The molecule has 71 heavy (non-hydrogen) atoms. The summed E-state index contributed by atoms with van der Waals surface area (Å²) in [6.45, 7) is 9.41. The van der Waals surface area contributed by atoms with Crippen LogP contribution >= 0.6 is 8.53 Å². The van der Waals surface area contributed by atoms with Crippen molar-refractivity contribution in [1.82, 2.24) is 24.2 Å². The first-order valence-electron chi connectivity index (χ1n) is 24.2. The molecule has 7 aromatic carbocycles. The zero-order chi connectivity index (χ0) is 49.1. The van der Waals surface area contributed by atoms with Gasteiger partial charge in [-0.3, -0.25) is 4.57 Å². The van der Waals surface area contributed by atoms with Crippen LogP contribution < -0.4 is 14.8 Å². The average Bonchev–Trinajstić information content (AvgIpc) is 4.02. The van der Waals surface area contributed by atoms with Gasteiger partial charge in [-0.05, 0) is 107 Å². The van der Waals surface area contributed by atoms with Gasteiger partial charge in [-0.1, -0.05) is 109 Å². The maximum atomic E-state index is 9.53. The number of nitrogens with one attached hydrogen (secondary N) is 1. The van der Waals surface area contributed by atoms with Gasteiger partial charge in [0.25, 0.3) is 8.53 Å². The summed E-state index contributed by atoms with van der Waals surface area (Å²) in [5, 5.41) is 20.6. The molecule has 1 aliphatic rings.